The van der Waals surface area contributed by atoms with Gasteiger partial charge in [-0.2, -0.15) is 0 Å². The molecule has 0 spiro atoms. The van der Waals surface area contributed by atoms with Gasteiger partial charge in [0.15, 0.2) is 0 Å². The van der Waals surface area contributed by atoms with Gasteiger partial charge in [-0.25, -0.2) is 4.79 Å². The molecule has 1 atom stereocenters. The maximum absolute atomic E-state index is 11.6. The number of halogens is 1. The third-order valence-corrected chi connectivity index (χ3v) is 2.87. The van der Waals surface area contributed by atoms with Crippen LogP contribution in [0.1, 0.15) is 20.8 Å². The van der Waals surface area contributed by atoms with E-state index in [2.05, 4.69) is 0 Å². The molecule has 0 aromatic carbocycles. The van der Waals surface area contributed by atoms with Crippen molar-refractivity contribution in [2.45, 2.75) is 31.7 Å². The highest BCUT2D eigenvalue weighted by molar-refractivity contribution is 6.60. The van der Waals surface area contributed by atoms with Crippen LogP contribution in [0.15, 0.2) is 0 Å². The number of hydrogen-bond donors (Lipinski definition) is 0. The molecular formula is C10H14ClNO4. The number of amides is 1. The van der Waals surface area contributed by atoms with E-state index in [-0.39, 0.29) is 19.2 Å². The number of alkyl halides is 1. The predicted molar refractivity (Wildman–Crippen MR) is 57.1 cm³/mol. The SMILES string of the molecule is CCOC(=O)C1(Cl)CN(C(C)C)C(=O)C1=O. The molecule has 6 heteroatoms. The van der Waals surface area contributed by atoms with Crippen LogP contribution in [-0.2, 0) is 19.1 Å². The number of esters is 1. The van der Waals surface area contributed by atoms with Crippen LogP contribution >= 0.6 is 11.6 Å². The van der Waals surface area contributed by atoms with E-state index < -0.39 is 22.5 Å². The largest absolute Gasteiger partial charge is 0.464 e. The molecule has 90 valence electrons. The third-order valence-electron chi connectivity index (χ3n) is 2.43. The van der Waals surface area contributed by atoms with Crippen LogP contribution in [0.5, 0.6) is 0 Å². The van der Waals surface area contributed by atoms with Crippen LogP contribution < -0.4 is 0 Å². The van der Waals surface area contributed by atoms with E-state index in [0.717, 1.165) is 0 Å². The Morgan fingerprint density at radius 2 is 2.12 bits per heavy atom. The lowest BCUT2D eigenvalue weighted by molar-refractivity contribution is -0.150. The van der Waals surface area contributed by atoms with Crippen molar-refractivity contribution in [1.82, 2.24) is 4.90 Å². The fourth-order valence-electron chi connectivity index (χ4n) is 1.50. The molecule has 1 aliphatic heterocycles. The van der Waals surface area contributed by atoms with Crippen molar-refractivity contribution < 1.29 is 19.1 Å². The zero-order valence-corrected chi connectivity index (χ0v) is 10.2. The summed E-state index contributed by atoms with van der Waals surface area (Å²) in [6.07, 6.45) is 0. The first-order valence-corrected chi connectivity index (χ1v) is 5.44. The van der Waals surface area contributed by atoms with Crippen LogP contribution in [0.4, 0.5) is 0 Å². The van der Waals surface area contributed by atoms with E-state index in [4.69, 9.17) is 16.3 Å². The Morgan fingerprint density at radius 3 is 2.50 bits per heavy atom. The van der Waals surface area contributed by atoms with Gasteiger partial charge in [0.05, 0.1) is 13.2 Å². The normalized spacial score (nSPS) is 25.4. The third kappa shape index (κ3) is 1.91. The molecule has 16 heavy (non-hydrogen) atoms. The number of likely N-dealkylation sites (tertiary alicyclic amines) is 1. The standard InChI is InChI=1S/C10H14ClNO4/c1-4-16-9(15)10(11)5-12(6(2)3)8(14)7(10)13/h6H,4-5H2,1-3H3. The number of carbonyl (C=O) groups is 3. The zero-order valence-electron chi connectivity index (χ0n) is 9.45. The molecule has 0 aromatic rings. The van der Waals surface area contributed by atoms with Crippen molar-refractivity contribution in [2.24, 2.45) is 0 Å². The Morgan fingerprint density at radius 1 is 1.56 bits per heavy atom. The number of carbonyl (C=O) groups excluding carboxylic acids is 3. The summed E-state index contributed by atoms with van der Waals surface area (Å²) in [6.45, 7) is 5.11. The lowest BCUT2D eigenvalue weighted by Crippen LogP contribution is -2.43. The first-order valence-electron chi connectivity index (χ1n) is 5.06. The summed E-state index contributed by atoms with van der Waals surface area (Å²) in [7, 11) is 0. The number of ketones is 1. The second kappa shape index (κ2) is 4.41. The first kappa shape index (κ1) is 13.0. The number of nitrogens with zero attached hydrogens (tertiary/aromatic N) is 1. The van der Waals surface area contributed by atoms with Crippen LogP contribution in [0, 0.1) is 0 Å². The van der Waals surface area contributed by atoms with E-state index >= 15 is 0 Å². The molecule has 1 fully saturated rings. The summed E-state index contributed by atoms with van der Waals surface area (Å²) in [5, 5.41) is 0. The van der Waals surface area contributed by atoms with Gasteiger partial charge in [-0.15, -0.1) is 0 Å². The Kier molecular flexibility index (Phi) is 3.57. The Bertz CT molecular complexity index is 342. The molecule has 1 saturated heterocycles. The molecular weight excluding hydrogens is 234 g/mol. The van der Waals surface area contributed by atoms with Gasteiger partial charge in [-0.1, -0.05) is 11.6 Å². The summed E-state index contributed by atoms with van der Waals surface area (Å²) in [6, 6.07) is -0.175. The van der Waals surface area contributed by atoms with Crippen LogP contribution in [-0.4, -0.2) is 46.6 Å². The van der Waals surface area contributed by atoms with Crippen molar-refractivity contribution in [1.29, 1.82) is 0 Å². The van der Waals surface area contributed by atoms with Crippen molar-refractivity contribution in [3.8, 4) is 0 Å². The smallest absolute Gasteiger partial charge is 0.337 e. The minimum atomic E-state index is -1.86. The highest BCUT2D eigenvalue weighted by Crippen LogP contribution is 2.29. The number of Topliss-reactive ketones (excluding diaryl/α,β-unsaturated/α-hetero) is 1. The predicted octanol–water partition coefficient (Wildman–Crippen LogP) is 0.347. The molecule has 1 aliphatic rings. The Balaban J connectivity index is 2.96. The molecule has 1 unspecified atom stereocenters. The second-order valence-corrected chi connectivity index (χ2v) is 4.52. The lowest BCUT2D eigenvalue weighted by Gasteiger charge is -2.21. The average Bonchev–Trinajstić information content (AvgIpc) is 2.44. The molecule has 1 amide bonds. The van der Waals surface area contributed by atoms with Gasteiger partial charge >= 0.3 is 5.97 Å². The summed E-state index contributed by atoms with van der Waals surface area (Å²) in [4.78, 5) is 34.1. The molecule has 0 aromatic heterocycles. The molecule has 0 N–H and O–H groups in total. The number of rotatable bonds is 3. The average molecular weight is 248 g/mol. The Hall–Kier alpha value is -1.10. The van der Waals surface area contributed by atoms with E-state index in [1.54, 1.807) is 20.8 Å². The first-order chi connectivity index (χ1) is 7.34. The maximum atomic E-state index is 11.6. The number of hydrogen-bond acceptors (Lipinski definition) is 4. The van der Waals surface area contributed by atoms with Crippen LogP contribution in [0.2, 0.25) is 0 Å². The summed E-state index contributed by atoms with van der Waals surface area (Å²) in [5.74, 6) is -2.47. The van der Waals surface area contributed by atoms with Gasteiger partial charge in [0.2, 0.25) is 4.87 Å². The second-order valence-electron chi connectivity index (χ2n) is 3.88. The molecule has 1 heterocycles. The van der Waals surface area contributed by atoms with Gasteiger partial charge in [0.1, 0.15) is 0 Å². The van der Waals surface area contributed by atoms with E-state index in [1.165, 1.54) is 4.90 Å². The molecule has 1 rings (SSSR count). The number of ether oxygens (including phenoxy) is 1. The molecule has 0 aliphatic carbocycles. The zero-order chi connectivity index (χ0) is 12.5. The maximum Gasteiger partial charge on any atom is 0.337 e. The minimum Gasteiger partial charge on any atom is -0.464 e. The van der Waals surface area contributed by atoms with Crippen molar-refractivity contribution >= 4 is 29.3 Å². The van der Waals surface area contributed by atoms with Gasteiger partial charge in [0.25, 0.3) is 11.7 Å². The van der Waals surface area contributed by atoms with E-state index in [1.807, 2.05) is 0 Å². The van der Waals surface area contributed by atoms with Crippen molar-refractivity contribution in [2.75, 3.05) is 13.2 Å². The minimum absolute atomic E-state index is 0.121. The lowest BCUT2D eigenvalue weighted by atomic mass is 10.1. The summed E-state index contributed by atoms with van der Waals surface area (Å²) >= 11 is 5.90. The fourth-order valence-corrected chi connectivity index (χ4v) is 1.76. The van der Waals surface area contributed by atoms with Gasteiger partial charge in [-0.3, -0.25) is 9.59 Å². The fraction of sp³-hybridized carbons (Fsp3) is 0.700. The van der Waals surface area contributed by atoms with E-state index in [9.17, 15) is 14.4 Å². The van der Waals surface area contributed by atoms with Crippen LogP contribution in [0.3, 0.4) is 0 Å². The molecule has 0 radical (unpaired) electrons. The Labute approximate surface area is 98.7 Å². The molecule has 0 bridgehead atoms. The highest BCUT2D eigenvalue weighted by atomic mass is 35.5. The van der Waals surface area contributed by atoms with E-state index in [0.29, 0.717) is 0 Å². The quantitative estimate of drug-likeness (QED) is 0.312. The summed E-state index contributed by atoms with van der Waals surface area (Å²) in [5.41, 5.74) is 0. The molecule has 0 saturated carbocycles. The van der Waals surface area contributed by atoms with Crippen molar-refractivity contribution in [3.05, 3.63) is 0 Å². The summed E-state index contributed by atoms with van der Waals surface area (Å²) < 4.78 is 4.71. The van der Waals surface area contributed by atoms with Gasteiger partial charge in [-0.05, 0) is 20.8 Å². The van der Waals surface area contributed by atoms with Gasteiger partial charge in [0, 0.05) is 6.04 Å². The molecule has 5 nitrogen and oxygen atoms in total. The highest BCUT2D eigenvalue weighted by Gasteiger charge is 2.57. The topological polar surface area (TPSA) is 63.7 Å². The van der Waals surface area contributed by atoms with Crippen molar-refractivity contribution in [3.63, 3.8) is 0 Å². The monoisotopic (exact) mass is 247 g/mol. The van der Waals surface area contributed by atoms with Gasteiger partial charge < -0.3 is 9.64 Å². The van der Waals surface area contributed by atoms with Crippen LogP contribution in [0.25, 0.3) is 0 Å².